The van der Waals surface area contributed by atoms with Gasteiger partial charge in [0.25, 0.3) is 0 Å². The van der Waals surface area contributed by atoms with Crippen LogP contribution in [0, 0.1) is 12.3 Å². The van der Waals surface area contributed by atoms with E-state index in [1.165, 1.54) is 0 Å². The van der Waals surface area contributed by atoms with Crippen molar-refractivity contribution in [2.75, 3.05) is 4.90 Å². The number of terminal acetylenes is 1. The van der Waals surface area contributed by atoms with Gasteiger partial charge in [0, 0.05) is 28.8 Å². The summed E-state index contributed by atoms with van der Waals surface area (Å²) in [6.45, 7) is 21.2. The fourth-order valence-corrected chi connectivity index (χ4v) is 5.12. The Bertz CT molecular complexity index is 1140. The molecule has 2 aliphatic heterocycles. The molecule has 0 spiro atoms. The molecule has 2 aliphatic rings. The highest BCUT2D eigenvalue weighted by Crippen LogP contribution is 2.44. The van der Waals surface area contributed by atoms with Gasteiger partial charge in [0.2, 0.25) is 0 Å². The number of hydrogen-bond donors (Lipinski definition) is 0. The van der Waals surface area contributed by atoms with Gasteiger partial charge in [-0.3, -0.25) is 0 Å². The van der Waals surface area contributed by atoms with Crippen LogP contribution in [0.25, 0.3) is 0 Å². The average Bonchev–Trinajstić information content (AvgIpc) is 3.19. The summed E-state index contributed by atoms with van der Waals surface area (Å²) in [7, 11) is -0.709. The minimum Gasteiger partial charge on any atom is -0.403 e. The predicted molar refractivity (Wildman–Crippen MR) is 158 cm³/mol. The fourth-order valence-electron chi connectivity index (χ4n) is 5.12. The molecule has 2 saturated heterocycles. The number of anilines is 2. The summed E-state index contributed by atoms with van der Waals surface area (Å²) in [5, 5.41) is 0. The first kappa shape index (κ1) is 28.8. The van der Waals surface area contributed by atoms with Gasteiger partial charge in [-0.25, -0.2) is 0 Å². The van der Waals surface area contributed by atoms with Crippen molar-refractivity contribution in [1.29, 1.82) is 0 Å². The molecule has 2 fully saturated rings. The number of hydrogen-bond acceptors (Lipinski definition) is 5. The van der Waals surface area contributed by atoms with Gasteiger partial charge < -0.3 is 23.5 Å². The van der Waals surface area contributed by atoms with Crippen LogP contribution in [0.1, 0.15) is 81.2 Å². The van der Waals surface area contributed by atoms with Gasteiger partial charge in [0.1, 0.15) is 0 Å². The zero-order valence-corrected chi connectivity index (χ0v) is 24.8. The highest BCUT2D eigenvalue weighted by molar-refractivity contribution is 6.62. The Morgan fingerprint density at radius 1 is 0.737 bits per heavy atom. The summed E-state index contributed by atoms with van der Waals surface area (Å²) in [5.41, 5.74) is 2.47. The van der Waals surface area contributed by atoms with Crippen molar-refractivity contribution in [3.05, 3.63) is 54.1 Å². The van der Waals surface area contributed by atoms with Crippen LogP contribution in [0.4, 0.5) is 11.4 Å². The molecule has 0 saturated carbocycles. The van der Waals surface area contributed by atoms with Gasteiger partial charge in [-0.05, 0) is 104 Å². The molecule has 0 N–H and O–H groups in total. The summed E-state index contributed by atoms with van der Waals surface area (Å²) in [6.07, 6.45) is 6.55. The topological polar surface area (TPSA) is 40.2 Å². The lowest BCUT2D eigenvalue weighted by atomic mass is 9.66. The molecule has 2 aromatic rings. The van der Waals surface area contributed by atoms with Gasteiger partial charge in [-0.15, -0.1) is 6.42 Å². The summed E-state index contributed by atoms with van der Waals surface area (Å²) in [4.78, 5) is 2.35. The number of benzene rings is 2. The van der Waals surface area contributed by atoms with Crippen molar-refractivity contribution in [2.24, 2.45) is 0 Å². The molecule has 7 heteroatoms. The Hall–Kier alpha value is -2.23. The quantitative estimate of drug-likeness (QED) is 0.317. The lowest BCUT2D eigenvalue weighted by Gasteiger charge is -2.37. The van der Waals surface area contributed by atoms with Crippen LogP contribution in [-0.4, -0.2) is 42.7 Å². The third-order valence-corrected chi connectivity index (χ3v) is 9.13. The average molecular weight is 515 g/mol. The predicted octanol–water partition coefficient (Wildman–Crippen LogP) is 6.37. The van der Waals surface area contributed by atoms with E-state index < -0.39 is 7.12 Å². The van der Waals surface area contributed by atoms with E-state index in [4.69, 9.17) is 25.0 Å². The molecule has 2 heterocycles. The van der Waals surface area contributed by atoms with E-state index in [1.807, 2.05) is 12.1 Å². The van der Waals surface area contributed by atoms with Crippen LogP contribution in [-0.2, 0) is 18.6 Å². The van der Waals surface area contributed by atoms with Gasteiger partial charge in [0.05, 0.1) is 22.4 Å². The molecule has 0 radical (unpaired) electrons. The first-order chi connectivity index (χ1) is 17.6. The van der Waals surface area contributed by atoms with Crippen molar-refractivity contribution in [3.8, 4) is 12.3 Å². The highest BCUT2D eigenvalue weighted by atomic mass is 16.7. The van der Waals surface area contributed by atoms with Crippen molar-refractivity contribution >= 4 is 31.1 Å². The van der Waals surface area contributed by atoms with Crippen LogP contribution in [0.15, 0.2) is 48.5 Å². The molecule has 1 unspecified atom stereocenters. The minimum absolute atomic E-state index is 0.0779. The molecule has 0 aliphatic carbocycles. The molecule has 2 atom stereocenters. The molecule has 0 bridgehead atoms. The second-order valence-corrected chi connectivity index (χ2v) is 12.7. The van der Waals surface area contributed by atoms with Gasteiger partial charge >= 0.3 is 14.2 Å². The lowest BCUT2D eigenvalue weighted by molar-refractivity contribution is 0.00578. The van der Waals surface area contributed by atoms with E-state index in [2.05, 4.69) is 116 Å². The monoisotopic (exact) mass is 515 g/mol. The van der Waals surface area contributed by atoms with E-state index in [9.17, 15) is 0 Å². The third kappa shape index (κ3) is 5.17. The highest BCUT2D eigenvalue weighted by Gasteiger charge is 2.55. The summed E-state index contributed by atoms with van der Waals surface area (Å²) in [6, 6.07) is 16.7. The molecule has 5 nitrogen and oxygen atoms in total. The van der Waals surface area contributed by atoms with Crippen LogP contribution < -0.4 is 10.4 Å². The van der Waals surface area contributed by atoms with Crippen LogP contribution >= 0.6 is 0 Å². The second-order valence-electron chi connectivity index (χ2n) is 12.7. The van der Waals surface area contributed by atoms with E-state index in [1.54, 1.807) is 0 Å². The Balaban J connectivity index is 1.67. The van der Waals surface area contributed by atoms with E-state index in [0.29, 0.717) is 0 Å². The first-order valence-electron chi connectivity index (χ1n) is 13.8. The third-order valence-electron chi connectivity index (χ3n) is 9.13. The Morgan fingerprint density at radius 3 is 1.58 bits per heavy atom. The molecule has 4 rings (SSSR count). The van der Waals surface area contributed by atoms with Crippen LogP contribution in [0.3, 0.4) is 0 Å². The molecule has 38 heavy (non-hydrogen) atoms. The fraction of sp³-hybridized carbons (Fsp3) is 0.548. The smallest absolute Gasteiger partial charge is 0.403 e. The molecule has 0 aromatic heterocycles. The standard InChI is InChI=1S/C31H43B2NO4/c1-12-23-14-18-25(19-15-23)34(22(3)27(13-2)33-37-30(8,9)31(10,11)38-33)26-20-16-24(17-21-26)32-35-28(4,5)29(6,7)36-32/h1,14-22,27H,13H2,2-11H3/t22?,27-/m1/s1. The SMILES string of the molecule is C#Cc1ccc(N(c2ccc(B3OC(C)(C)C(C)(C)O3)cc2)C(C)[C@@H](CC)B2OC(C)(C)C(C)(C)O2)cc1. The van der Waals surface area contributed by atoms with E-state index in [0.717, 1.165) is 28.8 Å². The molecule has 202 valence electrons. The molecule has 2 aromatic carbocycles. The maximum absolute atomic E-state index is 6.51. The second kappa shape index (κ2) is 10.1. The van der Waals surface area contributed by atoms with Crippen molar-refractivity contribution in [1.82, 2.24) is 0 Å². The number of rotatable bonds is 7. The normalized spacial score (nSPS) is 22.7. The maximum atomic E-state index is 6.51. The Morgan fingerprint density at radius 2 is 1.16 bits per heavy atom. The molecular weight excluding hydrogens is 472 g/mol. The largest absolute Gasteiger partial charge is 0.494 e. The van der Waals surface area contributed by atoms with Crippen molar-refractivity contribution in [3.63, 3.8) is 0 Å². The van der Waals surface area contributed by atoms with E-state index in [-0.39, 0.29) is 41.4 Å². The maximum Gasteiger partial charge on any atom is 0.494 e. The lowest BCUT2D eigenvalue weighted by Crippen LogP contribution is -2.41. The number of nitrogens with zero attached hydrogens (tertiary/aromatic N) is 1. The van der Waals surface area contributed by atoms with E-state index >= 15 is 0 Å². The van der Waals surface area contributed by atoms with Gasteiger partial charge in [0.15, 0.2) is 0 Å². The minimum atomic E-state index is -0.400. The van der Waals surface area contributed by atoms with Crippen LogP contribution in [0.2, 0.25) is 5.82 Å². The molecular formula is C31H43B2NO4. The van der Waals surface area contributed by atoms with Crippen LogP contribution in [0.5, 0.6) is 0 Å². The molecule has 0 amide bonds. The first-order valence-corrected chi connectivity index (χ1v) is 13.8. The zero-order chi connectivity index (χ0) is 28.1. The Labute approximate surface area is 230 Å². The summed E-state index contributed by atoms with van der Waals surface area (Å²) >= 11 is 0. The summed E-state index contributed by atoms with van der Waals surface area (Å²) < 4.78 is 25.6. The summed E-state index contributed by atoms with van der Waals surface area (Å²) in [5.74, 6) is 2.86. The Kier molecular flexibility index (Phi) is 7.62. The van der Waals surface area contributed by atoms with Gasteiger partial charge in [-0.2, -0.15) is 0 Å². The van der Waals surface area contributed by atoms with Crippen molar-refractivity contribution < 1.29 is 18.6 Å². The zero-order valence-electron chi connectivity index (χ0n) is 24.8. The van der Waals surface area contributed by atoms with Crippen molar-refractivity contribution in [2.45, 2.75) is 110 Å². The van der Waals surface area contributed by atoms with Gasteiger partial charge in [-0.1, -0.05) is 31.4 Å².